The maximum atomic E-state index is 14.2. The minimum atomic E-state index is -1.58. The van der Waals surface area contributed by atoms with E-state index < -0.39 is 28.6 Å². The predicted molar refractivity (Wildman–Crippen MR) is 129 cm³/mol. The third-order valence-corrected chi connectivity index (χ3v) is 9.50. The van der Waals surface area contributed by atoms with Gasteiger partial charge in [-0.2, -0.15) is 0 Å². The fourth-order valence-electron chi connectivity index (χ4n) is 7.79. The molecule has 0 saturated heterocycles. The highest BCUT2D eigenvalue weighted by atomic mass is 16.5. The van der Waals surface area contributed by atoms with E-state index in [1.54, 1.807) is 30.3 Å². The van der Waals surface area contributed by atoms with E-state index in [0.29, 0.717) is 17.5 Å². The van der Waals surface area contributed by atoms with Crippen LogP contribution in [0.4, 0.5) is 0 Å². The molecule has 6 rings (SSSR count). The lowest BCUT2D eigenvalue weighted by Crippen LogP contribution is -2.51. The smallest absolute Gasteiger partial charge is 0.321 e. The van der Waals surface area contributed by atoms with Crippen molar-refractivity contribution in [2.45, 2.75) is 44.9 Å². The van der Waals surface area contributed by atoms with Gasteiger partial charge < -0.3 is 9.84 Å². The molecule has 1 heterocycles. The van der Waals surface area contributed by atoms with E-state index in [1.165, 1.54) is 12.7 Å². The number of methoxy groups -OCH3 is 1. The highest BCUT2D eigenvalue weighted by Crippen LogP contribution is 2.64. The van der Waals surface area contributed by atoms with Crippen molar-refractivity contribution in [3.8, 4) is 5.75 Å². The van der Waals surface area contributed by atoms with E-state index in [9.17, 15) is 24.3 Å². The number of aryl methyl sites for hydroxylation is 1. The van der Waals surface area contributed by atoms with Crippen LogP contribution in [-0.2, 0) is 20.7 Å². The predicted octanol–water partition coefficient (Wildman–Crippen LogP) is 3.88. The number of ether oxygens (including phenoxy) is 1. The van der Waals surface area contributed by atoms with Crippen molar-refractivity contribution in [1.29, 1.82) is 0 Å². The van der Waals surface area contributed by atoms with Crippen LogP contribution in [0.2, 0.25) is 0 Å². The Morgan fingerprint density at radius 1 is 1.08 bits per heavy atom. The van der Waals surface area contributed by atoms with Gasteiger partial charge in [0.15, 0.2) is 5.78 Å². The first-order valence-corrected chi connectivity index (χ1v) is 12.6. The molecule has 2 aromatic carbocycles. The summed E-state index contributed by atoms with van der Waals surface area (Å²) in [4.78, 5) is 55.0. The van der Waals surface area contributed by atoms with Crippen molar-refractivity contribution in [1.82, 2.24) is 4.90 Å². The molecule has 7 nitrogen and oxygen atoms in total. The second-order valence-electron chi connectivity index (χ2n) is 11.1. The molecule has 1 N–H and O–H groups in total. The van der Waals surface area contributed by atoms with E-state index in [1.807, 2.05) is 19.1 Å². The van der Waals surface area contributed by atoms with E-state index in [2.05, 4.69) is 0 Å². The summed E-state index contributed by atoms with van der Waals surface area (Å²) in [6.07, 6.45) is 3.36. The second-order valence-corrected chi connectivity index (χ2v) is 11.1. The summed E-state index contributed by atoms with van der Waals surface area (Å²) in [5, 5.41) is 9.96. The number of phenols is 1. The molecule has 186 valence electrons. The number of rotatable bonds is 3. The zero-order valence-corrected chi connectivity index (χ0v) is 20.5. The maximum absolute atomic E-state index is 14.2. The molecular formula is C29H29NO6. The van der Waals surface area contributed by atoms with Crippen LogP contribution in [0.15, 0.2) is 42.5 Å². The van der Waals surface area contributed by atoms with E-state index in [4.69, 9.17) is 4.74 Å². The number of fused-ring (bicyclic) bond motifs is 6. The van der Waals surface area contributed by atoms with Crippen LogP contribution < -0.4 is 0 Å². The first kappa shape index (κ1) is 23.0. The number of carbonyl (C=O) groups excluding carboxylic acids is 4. The molecule has 5 atom stereocenters. The standard InChI is InChI=1S/C29H29NO6/c1-28-12-11-19-18-10-8-17(31)13-16(18)7-9-20(19)23(28)14-29(26(28)34,27(35)36-2)15-30-24(32)21-5-3-4-6-22(21)25(30)33/h3-6,8,10,13,19-20,23,31H,7,9,11-12,14-15H2,1-2H3. The molecule has 0 spiro atoms. The average molecular weight is 488 g/mol. The third kappa shape index (κ3) is 2.91. The average Bonchev–Trinajstić information content (AvgIpc) is 3.26. The van der Waals surface area contributed by atoms with Gasteiger partial charge in [0.05, 0.1) is 24.8 Å². The van der Waals surface area contributed by atoms with Crippen molar-refractivity contribution in [3.05, 3.63) is 64.7 Å². The number of Topliss-reactive ketones (excluding diaryl/α,β-unsaturated/α-hetero) is 1. The Labute approximate surface area is 209 Å². The monoisotopic (exact) mass is 487 g/mol. The molecule has 0 bridgehead atoms. The van der Waals surface area contributed by atoms with Crippen LogP contribution in [0.1, 0.15) is 70.4 Å². The number of carbonyl (C=O) groups is 4. The van der Waals surface area contributed by atoms with Crippen LogP contribution in [0.5, 0.6) is 5.75 Å². The largest absolute Gasteiger partial charge is 0.508 e. The SMILES string of the molecule is COC(=O)C1(CN2C(=O)c3ccccc3C2=O)CC2C3CCc4cc(O)ccc4C3CCC2(C)C1=O. The van der Waals surface area contributed by atoms with Gasteiger partial charge in [0.2, 0.25) is 0 Å². The summed E-state index contributed by atoms with van der Waals surface area (Å²) in [6.45, 7) is 1.66. The van der Waals surface area contributed by atoms with Crippen molar-refractivity contribution in [2.24, 2.45) is 22.7 Å². The van der Waals surface area contributed by atoms with Crippen molar-refractivity contribution < 1.29 is 29.0 Å². The minimum absolute atomic E-state index is 0.0695. The highest BCUT2D eigenvalue weighted by molar-refractivity contribution is 6.22. The quantitative estimate of drug-likeness (QED) is 0.401. The lowest BCUT2D eigenvalue weighted by Gasteiger charge is -2.48. The summed E-state index contributed by atoms with van der Waals surface area (Å²) in [5.74, 6) is -1.20. The van der Waals surface area contributed by atoms with Crippen molar-refractivity contribution in [3.63, 3.8) is 0 Å². The molecule has 2 fully saturated rings. The molecule has 0 aromatic heterocycles. The molecule has 36 heavy (non-hydrogen) atoms. The first-order chi connectivity index (χ1) is 17.2. The number of amides is 2. The van der Waals surface area contributed by atoms with Gasteiger partial charge in [0.1, 0.15) is 11.2 Å². The Balaban J connectivity index is 1.38. The van der Waals surface area contributed by atoms with Gasteiger partial charge >= 0.3 is 5.97 Å². The second kappa shape index (κ2) is 7.76. The number of nitrogens with zero attached hydrogens (tertiary/aromatic N) is 1. The Morgan fingerprint density at radius 2 is 1.78 bits per heavy atom. The van der Waals surface area contributed by atoms with Gasteiger partial charge in [-0.05, 0) is 85.3 Å². The van der Waals surface area contributed by atoms with Crippen molar-refractivity contribution in [2.75, 3.05) is 13.7 Å². The Morgan fingerprint density at radius 3 is 2.44 bits per heavy atom. The van der Waals surface area contributed by atoms with Gasteiger partial charge in [-0.25, -0.2) is 0 Å². The van der Waals surface area contributed by atoms with Crippen molar-refractivity contribution >= 4 is 23.6 Å². The summed E-state index contributed by atoms with van der Waals surface area (Å²) < 4.78 is 5.19. The molecule has 1 aliphatic heterocycles. The fourth-order valence-corrected chi connectivity index (χ4v) is 7.79. The molecular weight excluding hydrogens is 458 g/mol. The maximum Gasteiger partial charge on any atom is 0.321 e. The molecule has 2 saturated carbocycles. The number of benzene rings is 2. The first-order valence-electron chi connectivity index (χ1n) is 12.6. The Bertz CT molecular complexity index is 1300. The highest BCUT2D eigenvalue weighted by Gasteiger charge is 2.68. The normalized spacial score (nSPS) is 32.6. The number of hydrogen-bond acceptors (Lipinski definition) is 6. The van der Waals surface area contributed by atoms with Crippen LogP contribution in [0, 0.1) is 22.7 Å². The van der Waals surface area contributed by atoms with E-state index in [-0.39, 0.29) is 42.3 Å². The number of esters is 1. The molecule has 2 aromatic rings. The zero-order chi connectivity index (χ0) is 25.4. The lowest BCUT2D eigenvalue weighted by atomic mass is 9.55. The topological polar surface area (TPSA) is 101 Å². The van der Waals surface area contributed by atoms with Crippen LogP contribution in [0.25, 0.3) is 0 Å². The minimum Gasteiger partial charge on any atom is -0.508 e. The molecule has 5 unspecified atom stereocenters. The van der Waals surface area contributed by atoms with Gasteiger partial charge in [-0.3, -0.25) is 24.1 Å². The third-order valence-electron chi connectivity index (χ3n) is 9.50. The Hall–Kier alpha value is -3.48. The zero-order valence-electron chi connectivity index (χ0n) is 20.5. The van der Waals surface area contributed by atoms with Crippen LogP contribution in [-0.4, -0.2) is 47.2 Å². The van der Waals surface area contributed by atoms with Gasteiger partial charge in [0, 0.05) is 5.41 Å². The number of phenolic OH excluding ortho intramolecular Hbond substituents is 1. The number of hydrogen-bond donors (Lipinski definition) is 1. The molecule has 0 radical (unpaired) electrons. The summed E-state index contributed by atoms with van der Waals surface area (Å²) in [5.41, 5.74) is 0.644. The molecule has 7 heteroatoms. The lowest BCUT2D eigenvalue weighted by molar-refractivity contribution is -0.158. The van der Waals surface area contributed by atoms with E-state index in [0.717, 1.165) is 29.7 Å². The molecule has 4 aliphatic rings. The molecule has 2 amide bonds. The van der Waals surface area contributed by atoms with Gasteiger partial charge in [0.25, 0.3) is 11.8 Å². The van der Waals surface area contributed by atoms with E-state index >= 15 is 0 Å². The summed E-state index contributed by atoms with van der Waals surface area (Å²) in [7, 11) is 1.26. The fraction of sp³-hybridized carbons (Fsp3) is 0.448. The van der Waals surface area contributed by atoms with Crippen LogP contribution >= 0.6 is 0 Å². The molecule has 3 aliphatic carbocycles. The number of ketones is 1. The number of imide groups is 1. The number of aromatic hydroxyl groups is 1. The summed E-state index contributed by atoms with van der Waals surface area (Å²) in [6, 6.07) is 12.1. The van der Waals surface area contributed by atoms with Gasteiger partial charge in [-0.15, -0.1) is 0 Å². The summed E-state index contributed by atoms with van der Waals surface area (Å²) >= 11 is 0. The van der Waals surface area contributed by atoms with Crippen LogP contribution in [0.3, 0.4) is 0 Å². The Kier molecular flexibility index (Phi) is 4.95. The van der Waals surface area contributed by atoms with Gasteiger partial charge in [-0.1, -0.05) is 25.1 Å².